The molecule has 2 aliphatic rings. The number of benzene rings is 1. The largest absolute Gasteiger partial charge is 0.396 e. The van der Waals surface area contributed by atoms with Gasteiger partial charge in [-0.3, -0.25) is 14.5 Å². The molecule has 4 rings (SSSR count). The first-order chi connectivity index (χ1) is 14.5. The first kappa shape index (κ1) is 21.5. The fourth-order valence-corrected chi connectivity index (χ4v) is 5.44. The highest BCUT2D eigenvalue weighted by Crippen LogP contribution is 2.38. The SMILES string of the molecule is O=C(CN1CCCC(CO)C1)Nc1sc2c(c1C(=O)c1ccc(Cl)cc1)CCOC2. The Balaban J connectivity index is 1.55. The van der Waals surface area contributed by atoms with E-state index in [1.165, 1.54) is 11.3 Å². The molecule has 6 nitrogen and oxygen atoms in total. The number of anilines is 1. The molecule has 2 aliphatic heterocycles. The van der Waals surface area contributed by atoms with Gasteiger partial charge in [0, 0.05) is 28.6 Å². The van der Waals surface area contributed by atoms with Crippen LogP contribution in [0.2, 0.25) is 5.02 Å². The minimum Gasteiger partial charge on any atom is -0.396 e. The predicted molar refractivity (Wildman–Crippen MR) is 117 cm³/mol. The quantitative estimate of drug-likeness (QED) is 0.662. The zero-order chi connectivity index (χ0) is 21.1. The molecule has 0 bridgehead atoms. The number of amides is 1. The van der Waals surface area contributed by atoms with E-state index in [1.54, 1.807) is 24.3 Å². The van der Waals surface area contributed by atoms with Crippen LogP contribution in [0.25, 0.3) is 0 Å². The molecule has 0 saturated carbocycles. The van der Waals surface area contributed by atoms with Crippen LogP contribution in [0.3, 0.4) is 0 Å². The normalized spacial score (nSPS) is 19.3. The molecule has 3 heterocycles. The summed E-state index contributed by atoms with van der Waals surface area (Å²) in [6.45, 7) is 2.99. The van der Waals surface area contributed by atoms with Crippen LogP contribution in [-0.2, 0) is 22.6 Å². The van der Waals surface area contributed by atoms with Crippen LogP contribution in [0.5, 0.6) is 0 Å². The number of piperidine rings is 1. The first-order valence-corrected chi connectivity index (χ1v) is 11.4. The van der Waals surface area contributed by atoms with Crippen molar-refractivity contribution in [2.75, 3.05) is 38.2 Å². The van der Waals surface area contributed by atoms with Gasteiger partial charge in [0.2, 0.25) is 5.91 Å². The van der Waals surface area contributed by atoms with E-state index in [1.807, 2.05) is 0 Å². The molecule has 160 valence electrons. The number of carbonyl (C=O) groups excluding carboxylic acids is 2. The summed E-state index contributed by atoms with van der Waals surface area (Å²) in [6, 6.07) is 6.82. The Hall–Kier alpha value is -1.77. The third kappa shape index (κ3) is 4.76. The zero-order valence-corrected chi connectivity index (χ0v) is 18.2. The van der Waals surface area contributed by atoms with Gasteiger partial charge in [-0.25, -0.2) is 0 Å². The summed E-state index contributed by atoms with van der Waals surface area (Å²) in [6.07, 6.45) is 2.62. The van der Waals surface area contributed by atoms with Crippen LogP contribution < -0.4 is 5.32 Å². The molecule has 2 aromatic rings. The maximum atomic E-state index is 13.3. The molecule has 1 amide bonds. The third-order valence-electron chi connectivity index (χ3n) is 5.64. The molecule has 0 spiro atoms. The van der Waals surface area contributed by atoms with Gasteiger partial charge >= 0.3 is 0 Å². The summed E-state index contributed by atoms with van der Waals surface area (Å²) in [5.74, 6) is -0.0299. The Morgan fingerprint density at radius 2 is 2.10 bits per heavy atom. The Kier molecular flexibility index (Phi) is 6.85. The number of hydrogen-bond donors (Lipinski definition) is 2. The molecule has 1 saturated heterocycles. The van der Waals surface area contributed by atoms with E-state index >= 15 is 0 Å². The van der Waals surface area contributed by atoms with Crippen molar-refractivity contribution in [1.29, 1.82) is 0 Å². The van der Waals surface area contributed by atoms with Gasteiger partial charge in [-0.2, -0.15) is 0 Å². The third-order valence-corrected chi connectivity index (χ3v) is 7.01. The second-order valence-electron chi connectivity index (χ2n) is 7.82. The monoisotopic (exact) mass is 448 g/mol. The Morgan fingerprint density at radius 3 is 2.87 bits per heavy atom. The van der Waals surface area contributed by atoms with Crippen LogP contribution >= 0.6 is 22.9 Å². The minimum absolute atomic E-state index is 0.111. The highest BCUT2D eigenvalue weighted by molar-refractivity contribution is 7.17. The van der Waals surface area contributed by atoms with Gasteiger partial charge in [-0.05, 0) is 61.6 Å². The molecule has 30 heavy (non-hydrogen) atoms. The topological polar surface area (TPSA) is 78.9 Å². The summed E-state index contributed by atoms with van der Waals surface area (Å²) >= 11 is 7.39. The van der Waals surface area contributed by atoms with Crippen LogP contribution in [0.4, 0.5) is 5.00 Å². The van der Waals surface area contributed by atoms with Gasteiger partial charge < -0.3 is 15.2 Å². The van der Waals surface area contributed by atoms with Crippen molar-refractivity contribution in [3.63, 3.8) is 0 Å². The average molecular weight is 449 g/mol. The summed E-state index contributed by atoms with van der Waals surface area (Å²) < 4.78 is 5.55. The molecular formula is C22H25ClN2O4S. The minimum atomic E-state index is -0.140. The van der Waals surface area contributed by atoms with Crippen molar-refractivity contribution in [1.82, 2.24) is 4.90 Å². The summed E-state index contributed by atoms with van der Waals surface area (Å²) in [7, 11) is 0. The lowest BCUT2D eigenvalue weighted by atomic mass is 9.97. The van der Waals surface area contributed by atoms with Gasteiger partial charge in [0.05, 0.1) is 25.3 Å². The highest BCUT2D eigenvalue weighted by Gasteiger charge is 2.28. The second kappa shape index (κ2) is 9.58. The number of likely N-dealkylation sites (tertiary alicyclic amines) is 1. The summed E-state index contributed by atoms with van der Waals surface area (Å²) in [5.41, 5.74) is 2.09. The number of nitrogens with one attached hydrogen (secondary N) is 1. The average Bonchev–Trinajstić information content (AvgIpc) is 3.11. The van der Waals surface area contributed by atoms with Gasteiger partial charge in [-0.1, -0.05) is 11.6 Å². The Morgan fingerprint density at radius 1 is 1.30 bits per heavy atom. The number of hydrogen-bond acceptors (Lipinski definition) is 6. The number of rotatable bonds is 6. The Bertz CT molecular complexity index is 928. The number of nitrogens with zero attached hydrogens (tertiary/aromatic N) is 1. The molecule has 0 aliphatic carbocycles. The van der Waals surface area contributed by atoms with Crippen LogP contribution in [0.1, 0.15) is 39.2 Å². The molecule has 1 fully saturated rings. The number of fused-ring (bicyclic) bond motifs is 1. The van der Waals surface area contributed by atoms with Crippen molar-refractivity contribution in [3.05, 3.63) is 50.9 Å². The molecule has 8 heteroatoms. The van der Waals surface area contributed by atoms with E-state index < -0.39 is 0 Å². The van der Waals surface area contributed by atoms with Gasteiger partial charge in [0.25, 0.3) is 0 Å². The summed E-state index contributed by atoms with van der Waals surface area (Å²) in [5, 5.41) is 13.6. The lowest BCUT2D eigenvalue weighted by Crippen LogP contribution is -2.41. The van der Waals surface area contributed by atoms with E-state index in [0.717, 1.165) is 36.4 Å². The van der Waals surface area contributed by atoms with Crippen molar-refractivity contribution < 1.29 is 19.4 Å². The molecule has 2 N–H and O–H groups in total. The molecule has 1 unspecified atom stereocenters. The Labute approximate surface area is 184 Å². The smallest absolute Gasteiger partial charge is 0.239 e. The molecular weight excluding hydrogens is 424 g/mol. The fourth-order valence-electron chi connectivity index (χ4n) is 4.12. The first-order valence-electron chi connectivity index (χ1n) is 10.2. The number of ketones is 1. The maximum Gasteiger partial charge on any atom is 0.239 e. The number of thiophene rings is 1. The number of aliphatic hydroxyl groups is 1. The van der Waals surface area contributed by atoms with Crippen molar-refractivity contribution in [2.45, 2.75) is 25.9 Å². The highest BCUT2D eigenvalue weighted by atomic mass is 35.5. The molecule has 1 atom stereocenters. The molecule has 1 aromatic carbocycles. The molecule has 0 radical (unpaired) electrons. The lowest BCUT2D eigenvalue weighted by Gasteiger charge is -2.31. The second-order valence-corrected chi connectivity index (χ2v) is 9.36. The van der Waals surface area contributed by atoms with E-state index in [0.29, 0.717) is 40.8 Å². The number of halogens is 1. The maximum absolute atomic E-state index is 13.3. The zero-order valence-electron chi connectivity index (χ0n) is 16.7. The van der Waals surface area contributed by atoms with Crippen molar-refractivity contribution in [2.24, 2.45) is 5.92 Å². The van der Waals surface area contributed by atoms with E-state index in [-0.39, 0.29) is 30.8 Å². The van der Waals surface area contributed by atoms with Gasteiger partial charge in [-0.15, -0.1) is 11.3 Å². The van der Waals surface area contributed by atoms with Crippen molar-refractivity contribution in [3.8, 4) is 0 Å². The predicted octanol–water partition coefficient (Wildman–Crippen LogP) is 3.35. The number of carbonyl (C=O) groups is 2. The van der Waals surface area contributed by atoms with E-state index in [9.17, 15) is 14.7 Å². The molecule has 1 aromatic heterocycles. The lowest BCUT2D eigenvalue weighted by molar-refractivity contribution is -0.117. The van der Waals surface area contributed by atoms with Crippen molar-refractivity contribution >= 4 is 39.6 Å². The van der Waals surface area contributed by atoms with Gasteiger partial charge in [0.1, 0.15) is 5.00 Å². The summed E-state index contributed by atoms with van der Waals surface area (Å²) in [4.78, 5) is 29.1. The van der Waals surface area contributed by atoms with E-state index in [2.05, 4.69) is 10.2 Å². The van der Waals surface area contributed by atoms with Gasteiger partial charge in [0.15, 0.2) is 5.78 Å². The van der Waals surface area contributed by atoms with E-state index in [4.69, 9.17) is 16.3 Å². The fraction of sp³-hybridized carbons (Fsp3) is 0.455. The van der Waals surface area contributed by atoms with Crippen LogP contribution in [0.15, 0.2) is 24.3 Å². The van der Waals surface area contributed by atoms with Crippen LogP contribution in [0, 0.1) is 5.92 Å². The standard InChI is InChI=1S/C22H25ClN2O4S/c23-16-5-3-15(4-6-16)21(28)20-17-7-9-29-13-18(17)30-22(20)24-19(27)11-25-8-1-2-14(10-25)12-26/h3-6,14,26H,1-2,7-13H2,(H,24,27). The number of aliphatic hydroxyl groups excluding tert-OH is 1. The number of ether oxygens (including phenoxy) is 1. The van der Waals surface area contributed by atoms with Crippen LogP contribution in [-0.4, -0.2) is 54.5 Å².